The summed E-state index contributed by atoms with van der Waals surface area (Å²) in [5.41, 5.74) is 7.94. The van der Waals surface area contributed by atoms with Gasteiger partial charge in [-0.1, -0.05) is 0 Å². The zero-order valence-corrected chi connectivity index (χ0v) is 10.7. The summed E-state index contributed by atoms with van der Waals surface area (Å²) in [6.45, 7) is 3.98. The molecular formula is C13H14N2OS. The van der Waals surface area contributed by atoms with Gasteiger partial charge in [0.05, 0.1) is 12.1 Å². The van der Waals surface area contributed by atoms with Crippen molar-refractivity contribution < 1.29 is 4.79 Å². The molecule has 2 aromatic rings. The number of nitrogens with two attached hydrogens (primary N) is 1. The van der Waals surface area contributed by atoms with Gasteiger partial charge in [0.15, 0.2) is 5.78 Å². The standard InChI is InChI=1S/C13H14N2OS/c1-8-9(2)17-13(15-8)7-12(16)10-3-5-11(14)6-4-10/h3-6H,7,14H2,1-2H3. The van der Waals surface area contributed by atoms with Crippen LogP contribution in [-0.2, 0) is 6.42 Å². The van der Waals surface area contributed by atoms with Gasteiger partial charge in [0.2, 0.25) is 0 Å². The Balaban J connectivity index is 2.14. The first-order chi connectivity index (χ1) is 8.06. The second kappa shape index (κ2) is 4.67. The first kappa shape index (κ1) is 11.8. The number of carbonyl (C=O) groups excluding carboxylic acids is 1. The minimum absolute atomic E-state index is 0.0822. The van der Waals surface area contributed by atoms with Crippen molar-refractivity contribution in [3.63, 3.8) is 0 Å². The van der Waals surface area contributed by atoms with Crippen LogP contribution in [0, 0.1) is 13.8 Å². The van der Waals surface area contributed by atoms with E-state index in [2.05, 4.69) is 4.98 Å². The molecular weight excluding hydrogens is 232 g/mol. The van der Waals surface area contributed by atoms with Crippen LogP contribution < -0.4 is 5.73 Å². The van der Waals surface area contributed by atoms with Gasteiger partial charge in [-0.25, -0.2) is 4.98 Å². The molecule has 0 saturated heterocycles. The molecule has 0 radical (unpaired) electrons. The number of anilines is 1. The number of hydrogen-bond acceptors (Lipinski definition) is 4. The summed E-state index contributed by atoms with van der Waals surface area (Å²) in [7, 11) is 0. The molecule has 0 spiro atoms. The van der Waals surface area contributed by atoms with Crippen LogP contribution in [0.3, 0.4) is 0 Å². The quantitative estimate of drug-likeness (QED) is 0.669. The smallest absolute Gasteiger partial charge is 0.169 e. The van der Waals surface area contributed by atoms with Crippen molar-refractivity contribution in [2.75, 3.05) is 5.73 Å². The molecule has 0 unspecified atom stereocenters. The number of Topliss-reactive ketones (excluding diaryl/α,β-unsaturated/α-hetero) is 1. The van der Waals surface area contributed by atoms with Crippen LogP contribution in [0.15, 0.2) is 24.3 Å². The van der Waals surface area contributed by atoms with E-state index in [0.717, 1.165) is 10.7 Å². The predicted octanol–water partition coefficient (Wildman–Crippen LogP) is 2.77. The fourth-order valence-electron chi connectivity index (χ4n) is 1.52. The highest BCUT2D eigenvalue weighted by Gasteiger charge is 2.10. The number of thiazole rings is 1. The summed E-state index contributed by atoms with van der Waals surface area (Å²) in [5.74, 6) is 0.0822. The van der Waals surface area contributed by atoms with E-state index >= 15 is 0 Å². The maximum absolute atomic E-state index is 12.0. The molecule has 2 rings (SSSR count). The van der Waals surface area contributed by atoms with Crippen molar-refractivity contribution in [2.45, 2.75) is 20.3 Å². The highest BCUT2D eigenvalue weighted by atomic mass is 32.1. The van der Waals surface area contributed by atoms with Crippen LogP contribution in [0.25, 0.3) is 0 Å². The second-order valence-electron chi connectivity index (χ2n) is 3.97. The lowest BCUT2D eigenvalue weighted by Crippen LogP contribution is -2.03. The molecule has 1 aromatic carbocycles. The van der Waals surface area contributed by atoms with E-state index in [0.29, 0.717) is 17.7 Å². The SMILES string of the molecule is Cc1nc(CC(=O)c2ccc(N)cc2)sc1C. The largest absolute Gasteiger partial charge is 0.399 e. The third-order valence-corrected chi connectivity index (χ3v) is 3.69. The summed E-state index contributed by atoms with van der Waals surface area (Å²) in [6.07, 6.45) is 0.364. The van der Waals surface area contributed by atoms with E-state index in [1.807, 2.05) is 13.8 Å². The van der Waals surface area contributed by atoms with Crippen LogP contribution in [0.4, 0.5) is 5.69 Å². The minimum Gasteiger partial charge on any atom is -0.399 e. The fraction of sp³-hybridized carbons (Fsp3) is 0.231. The maximum Gasteiger partial charge on any atom is 0.169 e. The molecule has 17 heavy (non-hydrogen) atoms. The Morgan fingerprint density at radius 3 is 2.47 bits per heavy atom. The summed E-state index contributed by atoms with van der Waals surface area (Å²) in [4.78, 5) is 17.5. The van der Waals surface area contributed by atoms with Crippen molar-refractivity contribution in [1.82, 2.24) is 4.98 Å². The Hall–Kier alpha value is -1.68. The molecule has 0 amide bonds. The Morgan fingerprint density at radius 1 is 1.29 bits per heavy atom. The molecule has 0 saturated carbocycles. The number of aromatic nitrogens is 1. The van der Waals surface area contributed by atoms with Crippen LogP contribution in [-0.4, -0.2) is 10.8 Å². The maximum atomic E-state index is 12.0. The molecule has 88 valence electrons. The Morgan fingerprint density at radius 2 is 1.94 bits per heavy atom. The van der Waals surface area contributed by atoms with E-state index in [-0.39, 0.29) is 5.78 Å². The van der Waals surface area contributed by atoms with Gasteiger partial charge >= 0.3 is 0 Å². The highest BCUT2D eigenvalue weighted by Crippen LogP contribution is 2.18. The number of nitrogen functional groups attached to an aromatic ring is 1. The number of aryl methyl sites for hydroxylation is 2. The van der Waals surface area contributed by atoms with Gasteiger partial charge < -0.3 is 5.73 Å². The number of benzene rings is 1. The highest BCUT2D eigenvalue weighted by molar-refractivity contribution is 7.11. The molecule has 0 fully saturated rings. The fourth-order valence-corrected chi connectivity index (χ4v) is 2.46. The molecule has 0 aliphatic rings. The molecule has 0 aliphatic heterocycles. The number of nitrogens with zero attached hydrogens (tertiary/aromatic N) is 1. The summed E-state index contributed by atoms with van der Waals surface area (Å²) in [5, 5.41) is 0.877. The Bertz CT molecular complexity index is 524. The number of rotatable bonds is 3. The molecule has 0 aliphatic carbocycles. The van der Waals surface area contributed by atoms with E-state index in [1.54, 1.807) is 35.6 Å². The molecule has 3 nitrogen and oxygen atoms in total. The van der Waals surface area contributed by atoms with Crippen molar-refractivity contribution in [3.05, 3.63) is 45.4 Å². The Labute approximate surface area is 104 Å². The van der Waals surface area contributed by atoms with Crippen LogP contribution in [0.1, 0.15) is 25.9 Å². The van der Waals surface area contributed by atoms with Gasteiger partial charge in [-0.15, -0.1) is 11.3 Å². The van der Waals surface area contributed by atoms with E-state index < -0.39 is 0 Å². The van der Waals surface area contributed by atoms with Crippen LogP contribution in [0.2, 0.25) is 0 Å². The van der Waals surface area contributed by atoms with Gasteiger partial charge in [0.25, 0.3) is 0 Å². The average molecular weight is 246 g/mol. The first-order valence-electron chi connectivity index (χ1n) is 5.38. The second-order valence-corrected chi connectivity index (χ2v) is 5.26. The molecule has 4 heteroatoms. The summed E-state index contributed by atoms with van der Waals surface area (Å²) < 4.78 is 0. The van der Waals surface area contributed by atoms with Crippen LogP contribution in [0.5, 0.6) is 0 Å². The van der Waals surface area contributed by atoms with E-state index in [9.17, 15) is 4.79 Å². The molecule has 1 aromatic heterocycles. The summed E-state index contributed by atoms with van der Waals surface area (Å²) in [6, 6.07) is 6.99. The summed E-state index contributed by atoms with van der Waals surface area (Å²) >= 11 is 1.58. The lowest BCUT2D eigenvalue weighted by atomic mass is 10.1. The Kier molecular flexibility index (Phi) is 3.24. The molecule has 2 N–H and O–H groups in total. The predicted molar refractivity (Wildman–Crippen MR) is 70.5 cm³/mol. The topological polar surface area (TPSA) is 56.0 Å². The number of carbonyl (C=O) groups is 1. The minimum atomic E-state index is 0.0822. The molecule has 0 atom stereocenters. The van der Waals surface area contributed by atoms with Gasteiger partial charge in [0.1, 0.15) is 5.01 Å². The number of hydrogen-bond donors (Lipinski definition) is 1. The lowest BCUT2D eigenvalue weighted by Gasteiger charge is -1.99. The van der Waals surface area contributed by atoms with Gasteiger partial charge in [0, 0.05) is 16.1 Å². The monoisotopic (exact) mass is 246 g/mol. The van der Waals surface area contributed by atoms with Crippen molar-refractivity contribution in [2.24, 2.45) is 0 Å². The zero-order chi connectivity index (χ0) is 12.4. The normalized spacial score (nSPS) is 10.5. The van der Waals surface area contributed by atoms with Crippen LogP contribution >= 0.6 is 11.3 Å². The van der Waals surface area contributed by atoms with E-state index in [4.69, 9.17) is 5.73 Å². The van der Waals surface area contributed by atoms with Crippen molar-refractivity contribution >= 4 is 22.8 Å². The molecule has 0 bridgehead atoms. The van der Waals surface area contributed by atoms with Gasteiger partial charge in [-0.2, -0.15) is 0 Å². The third-order valence-electron chi connectivity index (χ3n) is 2.62. The number of ketones is 1. The van der Waals surface area contributed by atoms with Gasteiger partial charge in [-0.05, 0) is 38.1 Å². The zero-order valence-electron chi connectivity index (χ0n) is 9.86. The lowest BCUT2D eigenvalue weighted by molar-refractivity contribution is 0.0993. The van der Waals surface area contributed by atoms with Crippen molar-refractivity contribution in [3.8, 4) is 0 Å². The third kappa shape index (κ3) is 2.71. The van der Waals surface area contributed by atoms with E-state index in [1.165, 1.54) is 4.88 Å². The average Bonchev–Trinajstić information content (AvgIpc) is 2.58. The van der Waals surface area contributed by atoms with Crippen molar-refractivity contribution in [1.29, 1.82) is 0 Å². The first-order valence-corrected chi connectivity index (χ1v) is 6.19. The molecule has 1 heterocycles. The van der Waals surface area contributed by atoms with Gasteiger partial charge in [-0.3, -0.25) is 4.79 Å².